The van der Waals surface area contributed by atoms with Gasteiger partial charge in [0.2, 0.25) is 0 Å². The van der Waals surface area contributed by atoms with Crippen LogP contribution in [0.15, 0.2) is 12.3 Å². The first-order valence-electron chi connectivity index (χ1n) is 3.60. The van der Waals surface area contributed by atoms with Crippen molar-refractivity contribution in [3.05, 3.63) is 23.2 Å². The topological polar surface area (TPSA) is 35.0 Å². The zero-order valence-electron chi connectivity index (χ0n) is 7.34. The van der Waals surface area contributed by atoms with Crippen LogP contribution in [0.5, 0.6) is 0 Å². The van der Waals surface area contributed by atoms with Gasteiger partial charge in [0.05, 0.1) is 0 Å². The molecule has 0 bridgehead atoms. The summed E-state index contributed by atoms with van der Waals surface area (Å²) in [6.45, 7) is 3.78. The van der Waals surface area contributed by atoms with Crippen molar-refractivity contribution in [2.45, 2.75) is 19.4 Å². The standard InChI is InChI=1S/C8H11ClN2O/c1-8(2,12-3)7-10-5-4-6(9)11-7/h4-5H,1-3H3. The first-order chi connectivity index (χ1) is 5.56. The molecular formula is C8H11ClN2O. The van der Waals surface area contributed by atoms with E-state index >= 15 is 0 Å². The van der Waals surface area contributed by atoms with Crippen LogP contribution < -0.4 is 0 Å². The molecule has 0 atom stereocenters. The van der Waals surface area contributed by atoms with Gasteiger partial charge in [-0.2, -0.15) is 0 Å². The number of methoxy groups -OCH3 is 1. The lowest BCUT2D eigenvalue weighted by Gasteiger charge is -2.20. The molecule has 4 heteroatoms. The van der Waals surface area contributed by atoms with Gasteiger partial charge >= 0.3 is 0 Å². The Bertz CT molecular complexity index is 276. The van der Waals surface area contributed by atoms with Crippen LogP contribution >= 0.6 is 11.6 Å². The molecule has 0 aliphatic rings. The van der Waals surface area contributed by atoms with Crippen LogP contribution in [0.25, 0.3) is 0 Å². The maximum Gasteiger partial charge on any atom is 0.161 e. The van der Waals surface area contributed by atoms with E-state index in [2.05, 4.69) is 9.97 Å². The van der Waals surface area contributed by atoms with E-state index in [1.165, 1.54) is 0 Å². The normalized spacial score (nSPS) is 11.7. The van der Waals surface area contributed by atoms with Crippen LogP contribution in [0.2, 0.25) is 5.15 Å². The van der Waals surface area contributed by atoms with Crippen molar-refractivity contribution in [3.8, 4) is 0 Å². The molecule has 0 aliphatic carbocycles. The molecule has 0 unspecified atom stereocenters. The van der Waals surface area contributed by atoms with Crippen LogP contribution in [-0.4, -0.2) is 17.1 Å². The summed E-state index contributed by atoms with van der Waals surface area (Å²) in [6.07, 6.45) is 1.62. The Balaban J connectivity index is 3.03. The Kier molecular flexibility index (Phi) is 2.65. The van der Waals surface area contributed by atoms with Gasteiger partial charge in [-0.15, -0.1) is 0 Å². The molecule has 0 aliphatic heterocycles. The van der Waals surface area contributed by atoms with E-state index in [0.717, 1.165) is 0 Å². The van der Waals surface area contributed by atoms with Crippen molar-refractivity contribution in [1.29, 1.82) is 0 Å². The van der Waals surface area contributed by atoms with Crippen LogP contribution in [-0.2, 0) is 10.3 Å². The summed E-state index contributed by atoms with van der Waals surface area (Å²) >= 11 is 5.70. The molecule has 0 saturated carbocycles. The number of ether oxygens (including phenoxy) is 1. The van der Waals surface area contributed by atoms with Crippen LogP contribution in [0, 0.1) is 0 Å². The van der Waals surface area contributed by atoms with E-state index in [1.54, 1.807) is 19.4 Å². The van der Waals surface area contributed by atoms with Gasteiger partial charge in [-0.1, -0.05) is 11.6 Å². The van der Waals surface area contributed by atoms with Crippen molar-refractivity contribution >= 4 is 11.6 Å². The summed E-state index contributed by atoms with van der Waals surface area (Å²) in [5.74, 6) is 0.595. The number of halogens is 1. The summed E-state index contributed by atoms with van der Waals surface area (Å²) in [4.78, 5) is 8.11. The molecule has 0 N–H and O–H groups in total. The highest BCUT2D eigenvalue weighted by Gasteiger charge is 2.22. The highest BCUT2D eigenvalue weighted by Crippen LogP contribution is 2.20. The Morgan fingerprint density at radius 1 is 1.50 bits per heavy atom. The first-order valence-corrected chi connectivity index (χ1v) is 3.98. The minimum Gasteiger partial charge on any atom is -0.371 e. The van der Waals surface area contributed by atoms with Crippen LogP contribution in [0.3, 0.4) is 0 Å². The SMILES string of the molecule is COC(C)(C)c1nccc(Cl)n1. The Labute approximate surface area is 76.7 Å². The number of aromatic nitrogens is 2. The fourth-order valence-electron chi connectivity index (χ4n) is 0.718. The zero-order chi connectivity index (χ0) is 9.19. The average Bonchev–Trinajstić information content (AvgIpc) is 2.05. The lowest BCUT2D eigenvalue weighted by molar-refractivity contribution is 0.0115. The van der Waals surface area contributed by atoms with E-state index in [0.29, 0.717) is 11.0 Å². The van der Waals surface area contributed by atoms with Gasteiger partial charge in [0.15, 0.2) is 5.82 Å². The van der Waals surface area contributed by atoms with Gasteiger partial charge in [0.25, 0.3) is 0 Å². The average molecular weight is 187 g/mol. The van der Waals surface area contributed by atoms with Crippen molar-refractivity contribution < 1.29 is 4.74 Å². The first kappa shape index (κ1) is 9.42. The Hall–Kier alpha value is -0.670. The van der Waals surface area contributed by atoms with Gasteiger partial charge in [-0.25, -0.2) is 9.97 Å². The number of hydrogen-bond acceptors (Lipinski definition) is 3. The van der Waals surface area contributed by atoms with Crippen molar-refractivity contribution in [3.63, 3.8) is 0 Å². The van der Waals surface area contributed by atoms with E-state index in [-0.39, 0.29) is 0 Å². The second-order valence-electron chi connectivity index (χ2n) is 2.92. The van der Waals surface area contributed by atoms with E-state index < -0.39 is 5.60 Å². The lowest BCUT2D eigenvalue weighted by Crippen LogP contribution is -2.22. The number of hydrogen-bond donors (Lipinski definition) is 0. The van der Waals surface area contributed by atoms with Crippen LogP contribution in [0.1, 0.15) is 19.7 Å². The molecule has 1 rings (SSSR count). The highest BCUT2D eigenvalue weighted by atomic mass is 35.5. The summed E-state index contributed by atoms with van der Waals surface area (Å²) in [6, 6.07) is 1.64. The smallest absolute Gasteiger partial charge is 0.161 e. The molecule has 66 valence electrons. The third-order valence-electron chi connectivity index (χ3n) is 1.67. The Morgan fingerprint density at radius 3 is 2.67 bits per heavy atom. The molecule has 1 aromatic rings. The van der Waals surface area contributed by atoms with Gasteiger partial charge in [0.1, 0.15) is 10.8 Å². The van der Waals surface area contributed by atoms with Crippen molar-refractivity contribution in [2.24, 2.45) is 0 Å². The summed E-state index contributed by atoms with van der Waals surface area (Å²) < 4.78 is 5.20. The molecule has 0 saturated heterocycles. The van der Waals surface area contributed by atoms with Gasteiger partial charge < -0.3 is 4.74 Å². The summed E-state index contributed by atoms with van der Waals surface area (Å²) in [5, 5.41) is 0.435. The molecule has 1 heterocycles. The van der Waals surface area contributed by atoms with Gasteiger partial charge in [-0.05, 0) is 19.9 Å². The monoisotopic (exact) mass is 186 g/mol. The van der Waals surface area contributed by atoms with Crippen LogP contribution in [0.4, 0.5) is 0 Å². The minimum absolute atomic E-state index is 0.435. The van der Waals surface area contributed by atoms with Crippen molar-refractivity contribution in [1.82, 2.24) is 9.97 Å². The molecule has 0 radical (unpaired) electrons. The molecule has 0 spiro atoms. The third-order valence-corrected chi connectivity index (χ3v) is 1.88. The summed E-state index contributed by atoms with van der Waals surface area (Å²) in [7, 11) is 1.62. The molecular weight excluding hydrogens is 176 g/mol. The maximum atomic E-state index is 5.70. The molecule has 12 heavy (non-hydrogen) atoms. The predicted molar refractivity (Wildman–Crippen MR) is 47.1 cm³/mol. The van der Waals surface area contributed by atoms with Gasteiger partial charge in [0, 0.05) is 13.3 Å². The highest BCUT2D eigenvalue weighted by molar-refractivity contribution is 6.29. The quantitative estimate of drug-likeness (QED) is 0.663. The fraction of sp³-hybridized carbons (Fsp3) is 0.500. The third kappa shape index (κ3) is 1.93. The molecule has 0 aromatic carbocycles. The second kappa shape index (κ2) is 3.37. The van der Waals surface area contributed by atoms with E-state index in [1.807, 2.05) is 13.8 Å². The molecule has 3 nitrogen and oxygen atoms in total. The largest absolute Gasteiger partial charge is 0.371 e. The maximum absolute atomic E-state index is 5.70. The molecule has 1 aromatic heterocycles. The molecule has 0 amide bonds. The summed E-state index contributed by atoms with van der Waals surface area (Å²) in [5.41, 5.74) is -0.481. The Morgan fingerprint density at radius 2 is 2.17 bits per heavy atom. The number of nitrogens with zero attached hydrogens (tertiary/aromatic N) is 2. The lowest BCUT2D eigenvalue weighted by atomic mass is 10.1. The minimum atomic E-state index is -0.481. The van der Waals surface area contributed by atoms with Gasteiger partial charge in [-0.3, -0.25) is 0 Å². The number of rotatable bonds is 2. The zero-order valence-corrected chi connectivity index (χ0v) is 8.09. The molecule has 0 fully saturated rings. The fourth-order valence-corrected chi connectivity index (χ4v) is 0.854. The van der Waals surface area contributed by atoms with E-state index in [4.69, 9.17) is 16.3 Å². The van der Waals surface area contributed by atoms with E-state index in [9.17, 15) is 0 Å². The van der Waals surface area contributed by atoms with Crippen molar-refractivity contribution in [2.75, 3.05) is 7.11 Å². The predicted octanol–water partition coefficient (Wildman–Crippen LogP) is 2.01. The second-order valence-corrected chi connectivity index (χ2v) is 3.30.